The number of aryl methyl sites for hydroxylation is 1. The Hall–Kier alpha value is -1.39. The number of carbonyl (C=O) groups excluding carboxylic acids is 1. The maximum atomic E-state index is 12.7. The summed E-state index contributed by atoms with van der Waals surface area (Å²) in [5, 5.41) is 0. The first-order valence-corrected chi connectivity index (χ1v) is 7.32. The van der Waals surface area contributed by atoms with E-state index in [4.69, 9.17) is 9.47 Å². The van der Waals surface area contributed by atoms with Gasteiger partial charge in [-0.15, -0.1) is 0 Å². The van der Waals surface area contributed by atoms with Crippen molar-refractivity contribution in [2.75, 3.05) is 39.5 Å². The molecule has 0 aromatic heterocycles. The summed E-state index contributed by atoms with van der Waals surface area (Å²) >= 11 is 0. The van der Waals surface area contributed by atoms with E-state index in [0.29, 0.717) is 6.61 Å². The van der Waals surface area contributed by atoms with Crippen molar-refractivity contribution in [3.05, 3.63) is 29.3 Å². The van der Waals surface area contributed by atoms with Crippen molar-refractivity contribution in [2.45, 2.75) is 13.3 Å². The van der Waals surface area contributed by atoms with Gasteiger partial charge in [-0.1, -0.05) is 12.1 Å². The van der Waals surface area contributed by atoms with Crippen LogP contribution in [0, 0.1) is 12.8 Å². The molecular weight excluding hydrogens is 254 g/mol. The minimum Gasteiger partial charge on any atom is -0.493 e. The summed E-state index contributed by atoms with van der Waals surface area (Å²) < 4.78 is 11.2. The van der Waals surface area contributed by atoms with Gasteiger partial charge in [-0.2, -0.15) is 0 Å². The average Bonchev–Trinajstić information content (AvgIpc) is 2.62. The average molecular weight is 275 g/mol. The van der Waals surface area contributed by atoms with Crippen LogP contribution in [-0.2, 0) is 4.74 Å². The van der Waals surface area contributed by atoms with Gasteiger partial charge in [-0.3, -0.25) is 9.69 Å². The summed E-state index contributed by atoms with van der Waals surface area (Å²) in [6.45, 7) is 6.82. The molecule has 1 aromatic rings. The predicted octanol–water partition coefficient (Wildman–Crippen LogP) is 1.91. The van der Waals surface area contributed by atoms with Crippen molar-refractivity contribution in [3.8, 4) is 5.75 Å². The number of benzene rings is 1. The number of para-hydroxylation sites is 1. The van der Waals surface area contributed by atoms with E-state index < -0.39 is 0 Å². The van der Waals surface area contributed by atoms with E-state index in [1.54, 1.807) is 0 Å². The van der Waals surface area contributed by atoms with Crippen LogP contribution in [0.4, 0.5) is 0 Å². The Morgan fingerprint density at radius 1 is 1.25 bits per heavy atom. The Balaban J connectivity index is 1.78. The molecule has 0 N–H and O–H groups in total. The highest BCUT2D eigenvalue weighted by molar-refractivity contribution is 6.01. The van der Waals surface area contributed by atoms with Crippen LogP contribution in [0.1, 0.15) is 22.3 Å². The van der Waals surface area contributed by atoms with Crippen molar-refractivity contribution in [1.29, 1.82) is 0 Å². The molecule has 0 aliphatic carbocycles. The molecule has 2 aliphatic rings. The van der Waals surface area contributed by atoms with E-state index in [1.165, 1.54) is 0 Å². The smallest absolute Gasteiger partial charge is 0.171 e. The summed E-state index contributed by atoms with van der Waals surface area (Å²) in [5.74, 6) is 1.05. The monoisotopic (exact) mass is 275 g/mol. The molecule has 1 saturated heterocycles. The van der Waals surface area contributed by atoms with Gasteiger partial charge in [0.1, 0.15) is 5.75 Å². The fourth-order valence-corrected chi connectivity index (χ4v) is 2.96. The first kappa shape index (κ1) is 13.6. The van der Waals surface area contributed by atoms with E-state index in [9.17, 15) is 4.79 Å². The lowest BCUT2D eigenvalue weighted by Crippen LogP contribution is -2.41. The van der Waals surface area contributed by atoms with Gasteiger partial charge >= 0.3 is 0 Å². The van der Waals surface area contributed by atoms with Crippen molar-refractivity contribution >= 4 is 5.78 Å². The van der Waals surface area contributed by atoms with Gasteiger partial charge in [0, 0.05) is 25.6 Å². The number of Topliss-reactive ketones (excluding diaryl/α,β-unsaturated/α-hetero) is 1. The molecule has 108 valence electrons. The zero-order valence-corrected chi connectivity index (χ0v) is 11.9. The number of ketones is 1. The van der Waals surface area contributed by atoms with E-state index >= 15 is 0 Å². The third kappa shape index (κ3) is 2.72. The number of hydrogen-bond donors (Lipinski definition) is 0. The summed E-state index contributed by atoms with van der Waals surface area (Å²) in [4.78, 5) is 15.1. The predicted molar refractivity (Wildman–Crippen MR) is 76.4 cm³/mol. The summed E-state index contributed by atoms with van der Waals surface area (Å²) in [6, 6.07) is 5.82. The molecule has 4 heteroatoms. The molecule has 1 unspecified atom stereocenters. The highest BCUT2D eigenvalue weighted by Gasteiger charge is 2.29. The minimum absolute atomic E-state index is 0.0381. The molecule has 20 heavy (non-hydrogen) atoms. The number of fused-ring (bicyclic) bond motifs is 1. The van der Waals surface area contributed by atoms with Gasteiger partial charge in [-0.25, -0.2) is 0 Å². The first-order chi connectivity index (χ1) is 9.75. The van der Waals surface area contributed by atoms with Gasteiger partial charge in [0.15, 0.2) is 5.78 Å². The molecule has 1 atom stereocenters. The van der Waals surface area contributed by atoms with Crippen molar-refractivity contribution in [2.24, 2.45) is 5.92 Å². The lowest BCUT2D eigenvalue weighted by atomic mass is 9.93. The quantitative estimate of drug-likeness (QED) is 0.826. The van der Waals surface area contributed by atoms with Crippen LogP contribution in [0.3, 0.4) is 0 Å². The summed E-state index contributed by atoms with van der Waals surface area (Å²) in [7, 11) is 0. The van der Waals surface area contributed by atoms with E-state index in [2.05, 4.69) is 4.90 Å². The molecule has 0 saturated carbocycles. The molecule has 2 aliphatic heterocycles. The second kappa shape index (κ2) is 5.94. The zero-order chi connectivity index (χ0) is 13.9. The number of morpholine rings is 1. The lowest BCUT2D eigenvalue weighted by molar-refractivity contribution is 0.0291. The van der Waals surface area contributed by atoms with Crippen LogP contribution in [0.15, 0.2) is 18.2 Å². The Kier molecular flexibility index (Phi) is 4.03. The van der Waals surface area contributed by atoms with Gasteiger partial charge in [-0.05, 0) is 25.0 Å². The lowest BCUT2D eigenvalue weighted by Gasteiger charge is -2.29. The Morgan fingerprint density at radius 2 is 2.05 bits per heavy atom. The van der Waals surface area contributed by atoms with Crippen LogP contribution in [0.25, 0.3) is 0 Å². The van der Waals surface area contributed by atoms with Crippen LogP contribution in [-0.4, -0.2) is 50.1 Å². The molecule has 1 fully saturated rings. The maximum Gasteiger partial charge on any atom is 0.171 e. The molecule has 0 spiro atoms. The third-order valence-corrected chi connectivity index (χ3v) is 4.14. The number of nitrogens with zero attached hydrogens (tertiary/aromatic N) is 1. The SMILES string of the molecule is Cc1cccc2c1OCCC(CN1CCOCC1)C2=O. The van der Waals surface area contributed by atoms with Crippen LogP contribution >= 0.6 is 0 Å². The molecule has 3 rings (SSSR count). The molecular formula is C16H21NO3. The topological polar surface area (TPSA) is 38.8 Å². The highest BCUT2D eigenvalue weighted by Crippen LogP contribution is 2.30. The van der Waals surface area contributed by atoms with E-state index in [0.717, 1.165) is 56.1 Å². The van der Waals surface area contributed by atoms with Crippen LogP contribution < -0.4 is 4.74 Å². The van der Waals surface area contributed by atoms with Crippen molar-refractivity contribution < 1.29 is 14.3 Å². The first-order valence-electron chi connectivity index (χ1n) is 7.32. The molecule has 0 bridgehead atoms. The Labute approximate surface area is 119 Å². The normalized spacial score (nSPS) is 23.9. The van der Waals surface area contributed by atoms with Gasteiger partial charge < -0.3 is 9.47 Å². The second-order valence-electron chi connectivity index (χ2n) is 5.56. The minimum atomic E-state index is 0.0381. The van der Waals surface area contributed by atoms with Crippen LogP contribution in [0.5, 0.6) is 5.75 Å². The third-order valence-electron chi connectivity index (χ3n) is 4.14. The molecule has 0 radical (unpaired) electrons. The molecule has 1 aromatic carbocycles. The fourth-order valence-electron chi connectivity index (χ4n) is 2.96. The van der Waals surface area contributed by atoms with E-state index in [1.807, 2.05) is 25.1 Å². The fraction of sp³-hybridized carbons (Fsp3) is 0.562. The number of hydrogen-bond acceptors (Lipinski definition) is 4. The van der Waals surface area contributed by atoms with Gasteiger partial charge in [0.2, 0.25) is 0 Å². The Bertz CT molecular complexity index is 494. The van der Waals surface area contributed by atoms with Crippen molar-refractivity contribution in [1.82, 2.24) is 4.90 Å². The van der Waals surface area contributed by atoms with E-state index in [-0.39, 0.29) is 11.7 Å². The van der Waals surface area contributed by atoms with Crippen molar-refractivity contribution in [3.63, 3.8) is 0 Å². The Morgan fingerprint density at radius 3 is 2.85 bits per heavy atom. The molecule has 4 nitrogen and oxygen atoms in total. The zero-order valence-electron chi connectivity index (χ0n) is 11.9. The van der Waals surface area contributed by atoms with Gasteiger partial charge in [0.25, 0.3) is 0 Å². The number of carbonyl (C=O) groups is 1. The standard InChI is InChI=1S/C16H21NO3/c1-12-3-2-4-14-15(18)13(5-8-20-16(12)14)11-17-6-9-19-10-7-17/h2-4,13H,5-11H2,1H3. The maximum absolute atomic E-state index is 12.7. The highest BCUT2D eigenvalue weighted by atomic mass is 16.5. The number of rotatable bonds is 2. The summed E-state index contributed by atoms with van der Waals surface area (Å²) in [5.41, 5.74) is 1.80. The number of ether oxygens (including phenoxy) is 2. The summed E-state index contributed by atoms with van der Waals surface area (Å²) in [6.07, 6.45) is 0.796. The molecule has 2 heterocycles. The van der Waals surface area contributed by atoms with Crippen LogP contribution in [0.2, 0.25) is 0 Å². The molecule has 0 amide bonds. The largest absolute Gasteiger partial charge is 0.493 e. The second-order valence-corrected chi connectivity index (χ2v) is 5.56. The van der Waals surface area contributed by atoms with Gasteiger partial charge in [0.05, 0.1) is 25.4 Å².